The minimum absolute atomic E-state index is 0.115. The van der Waals surface area contributed by atoms with Gasteiger partial charge in [-0.25, -0.2) is 4.79 Å². The first-order valence-corrected chi connectivity index (χ1v) is 15.0. The molecule has 3 aromatic carbocycles. The van der Waals surface area contributed by atoms with Crippen molar-refractivity contribution in [3.8, 4) is 16.9 Å². The Morgan fingerprint density at radius 1 is 1.07 bits per heavy atom. The van der Waals surface area contributed by atoms with Crippen LogP contribution in [0.2, 0.25) is 0 Å². The Balaban J connectivity index is 1.57. The van der Waals surface area contributed by atoms with Crippen LogP contribution in [0.5, 0.6) is 5.75 Å². The molecule has 0 aliphatic carbocycles. The number of carbonyl (C=O) groups excluding carboxylic acids is 3. The number of hydrogen-bond donors (Lipinski definition) is 4. The molecule has 0 unspecified atom stereocenters. The van der Waals surface area contributed by atoms with Crippen LogP contribution in [0, 0.1) is 0 Å². The van der Waals surface area contributed by atoms with Gasteiger partial charge in [0.15, 0.2) is 0 Å². The van der Waals surface area contributed by atoms with Gasteiger partial charge in [0.2, 0.25) is 5.91 Å². The molecule has 1 aliphatic heterocycles. The van der Waals surface area contributed by atoms with Gasteiger partial charge in [0.05, 0.1) is 19.3 Å². The van der Waals surface area contributed by atoms with Crippen molar-refractivity contribution >= 4 is 35.3 Å². The van der Waals surface area contributed by atoms with Crippen LogP contribution in [-0.2, 0) is 22.7 Å². The number of nitrogens with two attached hydrogens (primary N) is 1. The summed E-state index contributed by atoms with van der Waals surface area (Å²) in [5.41, 5.74) is 10.1. The van der Waals surface area contributed by atoms with Crippen LogP contribution in [0.1, 0.15) is 38.3 Å². The molecular formula is C32H39N5O4S. The highest BCUT2D eigenvalue weighted by molar-refractivity contribution is 7.99. The van der Waals surface area contributed by atoms with Gasteiger partial charge in [0.25, 0.3) is 5.91 Å². The molecule has 4 rings (SSSR count). The van der Waals surface area contributed by atoms with Crippen LogP contribution >= 0.6 is 11.8 Å². The Bertz CT molecular complexity index is 1420. The maximum absolute atomic E-state index is 13.9. The number of nitrogens with zero attached hydrogens (tertiary/aromatic N) is 1. The van der Waals surface area contributed by atoms with E-state index in [9.17, 15) is 14.4 Å². The summed E-state index contributed by atoms with van der Waals surface area (Å²) < 4.78 is 5.43. The van der Waals surface area contributed by atoms with Crippen LogP contribution in [0.25, 0.3) is 11.1 Å². The Kier molecular flexibility index (Phi) is 10.1. The first-order chi connectivity index (χ1) is 20.1. The third-order valence-electron chi connectivity index (χ3n) is 6.78. The van der Waals surface area contributed by atoms with Gasteiger partial charge < -0.3 is 31.3 Å². The molecule has 1 aliphatic rings. The zero-order valence-electron chi connectivity index (χ0n) is 24.5. The zero-order valence-corrected chi connectivity index (χ0v) is 25.3. The summed E-state index contributed by atoms with van der Waals surface area (Å²) in [6.07, 6.45) is 0.115. The molecular weight excluding hydrogens is 550 g/mol. The second-order valence-corrected chi connectivity index (χ2v) is 12.0. The molecule has 1 atom stereocenters. The van der Waals surface area contributed by atoms with E-state index < -0.39 is 11.6 Å². The Hall–Kier alpha value is -4.02. The molecule has 0 saturated carbocycles. The lowest BCUT2D eigenvalue weighted by molar-refractivity contribution is -0.127. The van der Waals surface area contributed by atoms with Gasteiger partial charge in [-0.1, -0.05) is 48.5 Å². The lowest BCUT2D eigenvalue weighted by Crippen LogP contribution is -2.51. The SMILES string of the molecule is CCNC(=O)NCc1ccccc1-c1ccc(CN2C(=O)[C@H](NC(=O)CC(C)(C)N)CSc3cc(OC)ccc32)cc1. The smallest absolute Gasteiger partial charge is 0.315 e. The number of fused-ring (bicyclic) bond motifs is 1. The average Bonchev–Trinajstić information content (AvgIpc) is 3.08. The summed E-state index contributed by atoms with van der Waals surface area (Å²) in [6.45, 7) is 6.73. The molecule has 222 valence electrons. The Morgan fingerprint density at radius 3 is 2.50 bits per heavy atom. The van der Waals surface area contributed by atoms with Gasteiger partial charge in [-0.3, -0.25) is 9.59 Å². The second kappa shape index (κ2) is 13.8. The van der Waals surface area contributed by atoms with Crippen molar-refractivity contribution in [2.45, 2.75) is 56.8 Å². The van der Waals surface area contributed by atoms with Crippen LogP contribution < -0.4 is 31.3 Å². The third kappa shape index (κ3) is 8.04. The fourth-order valence-electron chi connectivity index (χ4n) is 4.76. The van der Waals surface area contributed by atoms with E-state index in [1.807, 2.05) is 73.7 Å². The maximum Gasteiger partial charge on any atom is 0.315 e. The monoisotopic (exact) mass is 589 g/mol. The number of methoxy groups -OCH3 is 1. The number of nitrogens with one attached hydrogen (secondary N) is 3. The van der Waals surface area contributed by atoms with Crippen molar-refractivity contribution in [3.05, 3.63) is 77.9 Å². The number of benzene rings is 3. The van der Waals surface area contributed by atoms with Gasteiger partial charge >= 0.3 is 6.03 Å². The molecule has 42 heavy (non-hydrogen) atoms. The molecule has 0 aromatic heterocycles. The minimum Gasteiger partial charge on any atom is -0.497 e. The first kappa shape index (κ1) is 30.9. The lowest BCUT2D eigenvalue weighted by atomic mass is 9.98. The largest absolute Gasteiger partial charge is 0.497 e. The number of rotatable bonds is 10. The van der Waals surface area contributed by atoms with Crippen molar-refractivity contribution in [1.82, 2.24) is 16.0 Å². The third-order valence-corrected chi connectivity index (χ3v) is 7.92. The molecule has 0 spiro atoms. The van der Waals surface area contributed by atoms with Crippen molar-refractivity contribution in [2.75, 3.05) is 24.3 Å². The molecule has 0 fully saturated rings. The maximum atomic E-state index is 13.9. The Labute approximate surface area is 251 Å². The van der Waals surface area contributed by atoms with E-state index in [1.54, 1.807) is 25.9 Å². The average molecular weight is 590 g/mol. The van der Waals surface area contributed by atoms with E-state index in [4.69, 9.17) is 10.5 Å². The summed E-state index contributed by atoms with van der Waals surface area (Å²) in [4.78, 5) is 41.2. The van der Waals surface area contributed by atoms with Crippen LogP contribution in [0.3, 0.4) is 0 Å². The number of carbonyl (C=O) groups is 3. The molecule has 3 aromatic rings. The quantitative estimate of drug-likeness (QED) is 0.277. The number of anilines is 1. The summed E-state index contributed by atoms with van der Waals surface area (Å²) in [6, 6.07) is 20.7. The molecule has 10 heteroatoms. The van der Waals surface area contributed by atoms with E-state index in [0.29, 0.717) is 31.1 Å². The number of thioether (sulfide) groups is 1. The number of hydrogen-bond acceptors (Lipinski definition) is 6. The van der Waals surface area contributed by atoms with E-state index in [1.165, 1.54) is 11.8 Å². The number of ether oxygens (including phenoxy) is 1. The summed E-state index contributed by atoms with van der Waals surface area (Å²) >= 11 is 1.51. The minimum atomic E-state index is -0.702. The predicted octanol–water partition coefficient (Wildman–Crippen LogP) is 4.43. The fourth-order valence-corrected chi connectivity index (χ4v) is 5.86. The summed E-state index contributed by atoms with van der Waals surface area (Å²) in [7, 11) is 1.61. The predicted molar refractivity (Wildman–Crippen MR) is 168 cm³/mol. The van der Waals surface area contributed by atoms with Gasteiger partial charge in [0.1, 0.15) is 11.8 Å². The van der Waals surface area contributed by atoms with Crippen LogP contribution in [0.15, 0.2) is 71.6 Å². The lowest BCUT2D eigenvalue weighted by Gasteiger charge is -2.27. The molecule has 0 bridgehead atoms. The first-order valence-electron chi connectivity index (χ1n) is 14.0. The highest BCUT2D eigenvalue weighted by atomic mass is 32.2. The van der Waals surface area contributed by atoms with Gasteiger partial charge in [-0.05, 0) is 61.2 Å². The summed E-state index contributed by atoms with van der Waals surface area (Å²) in [5, 5.41) is 8.55. The number of amides is 4. The van der Waals surface area contributed by atoms with Crippen molar-refractivity contribution in [1.29, 1.82) is 0 Å². The van der Waals surface area contributed by atoms with E-state index >= 15 is 0 Å². The van der Waals surface area contributed by atoms with Crippen LogP contribution in [0.4, 0.5) is 10.5 Å². The summed E-state index contributed by atoms with van der Waals surface area (Å²) in [5.74, 6) is 0.660. The highest BCUT2D eigenvalue weighted by Crippen LogP contribution is 2.38. The van der Waals surface area contributed by atoms with E-state index in [0.717, 1.165) is 32.8 Å². The van der Waals surface area contributed by atoms with Crippen molar-refractivity contribution in [2.24, 2.45) is 5.73 Å². The van der Waals surface area contributed by atoms with E-state index in [2.05, 4.69) is 16.0 Å². The molecule has 5 N–H and O–H groups in total. The second-order valence-electron chi connectivity index (χ2n) is 10.9. The molecule has 0 radical (unpaired) electrons. The van der Waals surface area contributed by atoms with E-state index in [-0.39, 0.29) is 24.3 Å². The highest BCUT2D eigenvalue weighted by Gasteiger charge is 2.33. The van der Waals surface area contributed by atoms with Crippen molar-refractivity contribution in [3.63, 3.8) is 0 Å². The van der Waals surface area contributed by atoms with Crippen LogP contribution in [-0.4, -0.2) is 48.8 Å². The van der Waals surface area contributed by atoms with Gasteiger partial charge in [-0.2, -0.15) is 0 Å². The standard InChI is InChI=1S/C32H39N5O4S/c1-5-34-31(40)35-18-23-8-6-7-9-25(23)22-12-10-21(11-13-22)19-37-27-15-14-24(41-4)16-28(27)42-20-26(30(37)39)36-29(38)17-32(2,3)33/h6-16,26H,5,17-20,33H2,1-4H3,(H,36,38)(H2,34,35,40)/t26-/m1/s1. The molecule has 4 amide bonds. The zero-order chi connectivity index (χ0) is 30.3. The number of urea groups is 1. The Morgan fingerprint density at radius 2 is 1.81 bits per heavy atom. The van der Waals surface area contributed by atoms with Crippen molar-refractivity contribution < 1.29 is 19.1 Å². The fraction of sp³-hybridized carbons (Fsp3) is 0.344. The van der Waals surface area contributed by atoms with Gasteiger partial charge in [-0.15, -0.1) is 11.8 Å². The molecule has 0 saturated heterocycles. The molecule has 9 nitrogen and oxygen atoms in total. The topological polar surface area (TPSA) is 126 Å². The normalized spacial score (nSPS) is 14.9. The molecule has 1 heterocycles. The van der Waals surface area contributed by atoms with Gasteiger partial charge in [0, 0.05) is 35.7 Å².